The van der Waals surface area contributed by atoms with Crippen molar-refractivity contribution < 1.29 is 19.8 Å². The minimum atomic E-state index is -0.975. The van der Waals surface area contributed by atoms with Gasteiger partial charge in [0, 0.05) is 23.1 Å². The van der Waals surface area contributed by atoms with E-state index in [-0.39, 0.29) is 11.3 Å². The molecule has 4 saturated carbocycles. The molecular weight excluding hydrogens is 402 g/mol. The summed E-state index contributed by atoms with van der Waals surface area (Å²) in [7, 11) is 1.53. The zero-order chi connectivity index (χ0) is 22.5. The number of carbonyl (C=O) groups is 1. The third kappa shape index (κ3) is 3.58. The van der Waals surface area contributed by atoms with E-state index in [1.165, 1.54) is 45.6 Å². The number of nitrogens with zero attached hydrogens (tertiary/aromatic N) is 1. The number of hydrogen-bond donors (Lipinski definition) is 2. The van der Waals surface area contributed by atoms with E-state index in [4.69, 9.17) is 9.94 Å². The molecule has 1 aromatic carbocycles. The molecule has 5 aliphatic rings. The zero-order valence-electron chi connectivity index (χ0n) is 18.8. The Morgan fingerprint density at radius 1 is 1.12 bits per heavy atom. The summed E-state index contributed by atoms with van der Waals surface area (Å²) in [6, 6.07) is 5.97. The van der Waals surface area contributed by atoms with Gasteiger partial charge in [-0.2, -0.15) is 0 Å². The van der Waals surface area contributed by atoms with Crippen molar-refractivity contribution in [1.82, 2.24) is 0 Å². The maximum atomic E-state index is 11.0. The third-order valence-corrected chi connectivity index (χ3v) is 8.15. The summed E-state index contributed by atoms with van der Waals surface area (Å²) in [6.45, 7) is 2.00. The summed E-state index contributed by atoms with van der Waals surface area (Å²) in [5.74, 6) is 1.73. The number of phenols is 1. The van der Waals surface area contributed by atoms with E-state index in [1.807, 2.05) is 31.2 Å². The van der Waals surface area contributed by atoms with Crippen LogP contribution in [0.1, 0.15) is 56.6 Å². The fourth-order valence-electron chi connectivity index (χ4n) is 7.21. The average Bonchev–Trinajstić information content (AvgIpc) is 2.74. The Hall–Kier alpha value is -2.82. The van der Waals surface area contributed by atoms with E-state index in [2.05, 4.69) is 11.2 Å². The molecule has 0 aliphatic heterocycles. The van der Waals surface area contributed by atoms with Crippen molar-refractivity contribution in [2.75, 3.05) is 7.11 Å². The van der Waals surface area contributed by atoms with Crippen LogP contribution >= 0.6 is 0 Å². The van der Waals surface area contributed by atoms with Crippen molar-refractivity contribution in [1.29, 1.82) is 0 Å². The molecule has 1 atom stereocenters. The van der Waals surface area contributed by atoms with Crippen LogP contribution in [0.5, 0.6) is 5.75 Å². The van der Waals surface area contributed by atoms with Crippen molar-refractivity contribution in [3.8, 4) is 5.75 Å². The molecule has 1 aromatic rings. The number of hydrogen-bond acceptors (Lipinski definition) is 4. The number of aliphatic carboxylic acids is 1. The topological polar surface area (TPSA) is 79.1 Å². The lowest BCUT2D eigenvalue weighted by Gasteiger charge is -2.57. The van der Waals surface area contributed by atoms with Crippen LogP contribution in [0.25, 0.3) is 5.57 Å². The number of carboxylic acid groups (broad SMARTS) is 1. The summed E-state index contributed by atoms with van der Waals surface area (Å²) in [6.07, 6.45) is 14.4. The molecule has 4 fully saturated rings. The standard InChI is InChI=1S/C27H31NO4/c1-16-20(5-8-25(30)31)3-6-22(26(16)28-32-2)21-4-7-24(29)23(12-21)27-13-17-9-18(14-27)11-19(10-17)15-27/h3-8,12,16-19,29H,9-11,13-15H2,1-2H3,(H,30,31). The number of phenolic OH excluding ortho intramolecular Hbond substituents is 1. The summed E-state index contributed by atoms with van der Waals surface area (Å²) < 4.78 is 0. The Kier molecular flexibility index (Phi) is 5.23. The van der Waals surface area contributed by atoms with Crippen LogP contribution in [0.4, 0.5) is 0 Å². The largest absolute Gasteiger partial charge is 0.508 e. The molecule has 1 unspecified atom stereocenters. The van der Waals surface area contributed by atoms with E-state index in [0.29, 0.717) is 5.75 Å². The first-order valence-electron chi connectivity index (χ1n) is 11.7. The van der Waals surface area contributed by atoms with Crippen molar-refractivity contribution in [3.63, 3.8) is 0 Å². The predicted molar refractivity (Wildman–Crippen MR) is 124 cm³/mol. The van der Waals surface area contributed by atoms with Crippen LogP contribution in [-0.4, -0.2) is 29.0 Å². The summed E-state index contributed by atoms with van der Waals surface area (Å²) >= 11 is 0. The Balaban J connectivity index is 1.55. The number of rotatable bonds is 5. The maximum Gasteiger partial charge on any atom is 0.328 e. The first-order valence-corrected chi connectivity index (χ1v) is 11.7. The molecule has 4 bridgehead atoms. The van der Waals surface area contributed by atoms with E-state index in [0.717, 1.165) is 51.8 Å². The van der Waals surface area contributed by atoms with Gasteiger partial charge in [0.05, 0.1) is 5.71 Å². The fraction of sp³-hybridized carbons (Fsp3) is 0.481. The van der Waals surface area contributed by atoms with Crippen LogP contribution in [-0.2, 0) is 15.0 Å². The molecule has 0 saturated heterocycles. The molecule has 0 aromatic heterocycles. The van der Waals surface area contributed by atoms with E-state index >= 15 is 0 Å². The normalized spacial score (nSPS) is 34.6. The molecule has 2 N–H and O–H groups in total. The SMILES string of the molecule is CON=C1C(c2ccc(O)c(C34CC5CC(CC(C5)C3)C4)c2)=CC=C(C=CC(=O)O)C1C. The predicted octanol–water partition coefficient (Wildman–Crippen LogP) is 5.46. The highest BCUT2D eigenvalue weighted by Crippen LogP contribution is 2.62. The number of carboxylic acids is 1. The van der Waals surface area contributed by atoms with Gasteiger partial charge in [-0.15, -0.1) is 0 Å². The van der Waals surface area contributed by atoms with Crippen molar-refractivity contribution >= 4 is 17.3 Å². The van der Waals surface area contributed by atoms with Gasteiger partial charge in [0.25, 0.3) is 0 Å². The Morgan fingerprint density at radius 2 is 1.78 bits per heavy atom. The van der Waals surface area contributed by atoms with Gasteiger partial charge in [0.1, 0.15) is 12.9 Å². The monoisotopic (exact) mass is 433 g/mol. The highest BCUT2D eigenvalue weighted by Gasteiger charge is 2.52. The van der Waals surface area contributed by atoms with Crippen LogP contribution in [0.15, 0.2) is 53.2 Å². The average molecular weight is 434 g/mol. The van der Waals surface area contributed by atoms with Crippen molar-refractivity contribution in [3.05, 3.63) is 59.2 Å². The lowest BCUT2D eigenvalue weighted by atomic mass is 9.48. The Morgan fingerprint density at radius 3 is 2.38 bits per heavy atom. The molecule has 5 aliphatic carbocycles. The van der Waals surface area contributed by atoms with Crippen LogP contribution in [0, 0.1) is 23.7 Å². The van der Waals surface area contributed by atoms with E-state index in [1.54, 1.807) is 6.08 Å². The molecule has 6 rings (SSSR count). The van der Waals surface area contributed by atoms with Gasteiger partial charge in [-0.3, -0.25) is 0 Å². The summed E-state index contributed by atoms with van der Waals surface area (Å²) in [5.41, 5.74) is 4.81. The lowest BCUT2D eigenvalue weighted by molar-refractivity contribution is -0.131. The molecule has 5 heteroatoms. The first-order chi connectivity index (χ1) is 15.4. The van der Waals surface area contributed by atoms with Gasteiger partial charge in [-0.1, -0.05) is 36.4 Å². The van der Waals surface area contributed by atoms with Crippen LogP contribution < -0.4 is 0 Å². The summed E-state index contributed by atoms with van der Waals surface area (Å²) in [5, 5.41) is 24.2. The lowest BCUT2D eigenvalue weighted by Crippen LogP contribution is -2.48. The van der Waals surface area contributed by atoms with E-state index in [9.17, 15) is 9.90 Å². The highest BCUT2D eigenvalue weighted by atomic mass is 16.6. The molecule has 168 valence electrons. The Labute approximate surface area is 189 Å². The number of aromatic hydroxyl groups is 1. The second-order valence-electron chi connectivity index (χ2n) is 10.2. The third-order valence-electron chi connectivity index (χ3n) is 8.15. The number of oxime groups is 1. The van der Waals surface area contributed by atoms with Gasteiger partial charge >= 0.3 is 5.97 Å². The van der Waals surface area contributed by atoms with Gasteiger partial charge in [-0.05, 0) is 85.0 Å². The van der Waals surface area contributed by atoms with Gasteiger partial charge in [-0.25, -0.2) is 4.79 Å². The minimum Gasteiger partial charge on any atom is -0.508 e. The smallest absolute Gasteiger partial charge is 0.328 e. The number of benzene rings is 1. The quantitative estimate of drug-likeness (QED) is 0.477. The highest BCUT2D eigenvalue weighted by molar-refractivity contribution is 6.26. The van der Waals surface area contributed by atoms with Crippen LogP contribution in [0.2, 0.25) is 0 Å². The first kappa shape index (κ1) is 21.0. The van der Waals surface area contributed by atoms with Gasteiger partial charge in [0.2, 0.25) is 0 Å². The van der Waals surface area contributed by atoms with Crippen molar-refractivity contribution in [2.45, 2.75) is 50.9 Å². The molecule has 5 nitrogen and oxygen atoms in total. The molecule has 0 radical (unpaired) electrons. The molecular formula is C27H31NO4. The number of allylic oxidation sites excluding steroid dienone is 5. The van der Waals surface area contributed by atoms with Crippen LogP contribution in [0.3, 0.4) is 0 Å². The Bertz CT molecular complexity index is 1030. The minimum absolute atomic E-state index is 0.0967. The molecule has 0 amide bonds. The van der Waals surface area contributed by atoms with Crippen molar-refractivity contribution in [2.24, 2.45) is 28.8 Å². The fourth-order valence-corrected chi connectivity index (χ4v) is 7.21. The molecule has 0 heterocycles. The zero-order valence-corrected chi connectivity index (χ0v) is 18.8. The van der Waals surface area contributed by atoms with E-state index < -0.39 is 5.97 Å². The maximum absolute atomic E-state index is 11.0. The van der Waals surface area contributed by atoms with Gasteiger partial charge < -0.3 is 15.1 Å². The summed E-state index contributed by atoms with van der Waals surface area (Å²) in [4.78, 5) is 16.1. The second kappa shape index (κ2) is 7.95. The van der Waals surface area contributed by atoms with Gasteiger partial charge in [0.15, 0.2) is 0 Å². The molecule has 0 spiro atoms. The molecule has 32 heavy (non-hydrogen) atoms. The second-order valence-corrected chi connectivity index (χ2v) is 10.2.